The molecule has 0 spiro atoms. The SMILES string of the molecule is [C-]#[N+]c1ccc(-c2cc(C(=O)N3CCC[C@@H](N)C3)sc2-c2ccc(NCC(C)(C)O)c(F)c2)cc1F. The zero-order valence-corrected chi connectivity index (χ0v) is 21.0. The van der Waals surface area contributed by atoms with Crippen molar-refractivity contribution in [2.45, 2.75) is 38.3 Å². The van der Waals surface area contributed by atoms with Crippen molar-refractivity contribution in [3.8, 4) is 21.6 Å². The topological polar surface area (TPSA) is 83.0 Å². The molecule has 0 saturated carbocycles. The van der Waals surface area contributed by atoms with Gasteiger partial charge in [0.05, 0.1) is 22.7 Å². The maximum atomic E-state index is 15.0. The van der Waals surface area contributed by atoms with Gasteiger partial charge in [-0.3, -0.25) is 4.79 Å². The van der Waals surface area contributed by atoms with Crippen LogP contribution in [0.3, 0.4) is 0 Å². The van der Waals surface area contributed by atoms with E-state index in [1.165, 1.54) is 29.5 Å². The number of carbonyl (C=O) groups is 1. The van der Waals surface area contributed by atoms with E-state index >= 15 is 0 Å². The van der Waals surface area contributed by atoms with Crippen molar-refractivity contribution in [3.05, 3.63) is 70.4 Å². The van der Waals surface area contributed by atoms with Crippen molar-refractivity contribution >= 4 is 28.6 Å². The lowest BCUT2D eigenvalue weighted by atomic mass is 10.0. The van der Waals surface area contributed by atoms with Crippen molar-refractivity contribution in [1.29, 1.82) is 0 Å². The first-order chi connectivity index (χ1) is 17.1. The van der Waals surface area contributed by atoms with E-state index in [1.807, 2.05) is 0 Å². The van der Waals surface area contributed by atoms with Crippen molar-refractivity contribution < 1.29 is 18.7 Å². The first kappa shape index (κ1) is 25.8. The molecule has 1 amide bonds. The molecule has 1 atom stereocenters. The fourth-order valence-corrected chi connectivity index (χ4v) is 5.30. The summed E-state index contributed by atoms with van der Waals surface area (Å²) in [5.74, 6) is -1.34. The number of aliphatic hydroxyl groups is 1. The normalized spacial score (nSPS) is 16.0. The Hall–Kier alpha value is -3.32. The van der Waals surface area contributed by atoms with E-state index in [1.54, 1.807) is 43.0 Å². The summed E-state index contributed by atoms with van der Waals surface area (Å²) in [7, 11) is 0. The molecule has 1 saturated heterocycles. The third-order valence-electron chi connectivity index (χ3n) is 6.01. The van der Waals surface area contributed by atoms with Gasteiger partial charge >= 0.3 is 0 Å². The van der Waals surface area contributed by atoms with E-state index in [0.717, 1.165) is 12.8 Å². The number of nitrogens with one attached hydrogen (secondary N) is 1. The first-order valence-electron chi connectivity index (χ1n) is 11.7. The Balaban J connectivity index is 1.75. The number of carbonyl (C=O) groups excluding carboxylic acids is 1. The quantitative estimate of drug-likeness (QED) is 0.374. The molecule has 1 fully saturated rings. The smallest absolute Gasteiger partial charge is 0.264 e. The molecule has 4 rings (SSSR count). The van der Waals surface area contributed by atoms with Crippen LogP contribution in [0.2, 0.25) is 0 Å². The molecule has 0 radical (unpaired) electrons. The van der Waals surface area contributed by atoms with Crippen molar-refractivity contribution in [3.63, 3.8) is 0 Å². The Kier molecular flexibility index (Phi) is 7.41. The molecule has 188 valence electrons. The van der Waals surface area contributed by atoms with Gasteiger partial charge in [-0.05, 0) is 62.1 Å². The fraction of sp³-hybridized carbons (Fsp3) is 0.333. The Labute approximate surface area is 213 Å². The van der Waals surface area contributed by atoms with Crippen LogP contribution >= 0.6 is 11.3 Å². The van der Waals surface area contributed by atoms with Crippen LogP contribution in [0.25, 0.3) is 26.4 Å². The van der Waals surface area contributed by atoms with Crippen LogP contribution in [0, 0.1) is 18.2 Å². The summed E-state index contributed by atoms with van der Waals surface area (Å²) < 4.78 is 29.5. The molecule has 0 aliphatic carbocycles. The van der Waals surface area contributed by atoms with Crippen molar-refractivity contribution in [1.82, 2.24) is 4.90 Å². The standard InChI is InChI=1S/C27H28F2N4O2S/c1-27(2,35)15-32-23-9-7-17(12-21(23)29)25-19(16-6-8-22(31-3)20(28)11-16)13-24(36-25)26(34)33-10-4-5-18(30)14-33/h6-9,11-13,18,32,35H,4-5,10,14-15,30H2,1-2H3/t18-/m1/s1. The highest BCUT2D eigenvalue weighted by molar-refractivity contribution is 7.18. The Morgan fingerprint density at radius 1 is 1.22 bits per heavy atom. The van der Waals surface area contributed by atoms with E-state index in [-0.39, 0.29) is 29.9 Å². The third-order valence-corrected chi connectivity index (χ3v) is 7.18. The average Bonchev–Trinajstić information content (AvgIpc) is 3.27. The number of likely N-dealkylation sites (tertiary alicyclic amines) is 1. The number of anilines is 1. The number of hydrogen-bond acceptors (Lipinski definition) is 5. The zero-order valence-electron chi connectivity index (χ0n) is 20.1. The summed E-state index contributed by atoms with van der Waals surface area (Å²) >= 11 is 1.22. The Bertz CT molecular complexity index is 1330. The molecular weight excluding hydrogens is 482 g/mol. The third kappa shape index (κ3) is 5.73. The van der Waals surface area contributed by atoms with Crippen LogP contribution in [0.1, 0.15) is 36.4 Å². The van der Waals surface area contributed by atoms with Crippen LogP contribution in [-0.4, -0.2) is 47.2 Å². The highest BCUT2D eigenvalue weighted by atomic mass is 32.1. The van der Waals surface area contributed by atoms with E-state index in [9.17, 15) is 18.7 Å². The number of piperidine rings is 1. The number of amides is 1. The molecule has 9 heteroatoms. The van der Waals surface area contributed by atoms with Gasteiger partial charge in [0.1, 0.15) is 11.6 Å². The lowest BCUT2D eigenvalue weighted by Crippen LogP contribution is -2.45. The molecular formula is C27H28F2N4O2S. The summed E-state index contributed by atoms with van der Waals surface area (Å²) in [5, 5.41) is 12.8. The number of benzene rings is 2. The summed E-state index contributed by atoms with van der Waals surface area (Å²) in [6, 6.07) is 10.6. The molecule has 6 nitrogen and oxygen atoms in total. The molecule has 1 aliphatic heterocycles. The minimum Gasteiger partial charge on any atom is -0.389 e. The van der Waals surface area contributed by atoms with E-state index in [4.69, 9.17) is 12.3 Å². The van der Waals surface area contributed by atoms with Gasteiger partial charge < -0.3 is 21.1 Å². The summed E-state index contributed by atoms with van der Waals surface area (Å²) in [5.41, 5.74) is 6.80. The van der Waals surface area contributed by atoms with Crippen LogP contribution in [0.5, 0.6) is 0 Å². The molecule has 2 heterocycles. The van der Waals surface area contributed by atoms with E-state index in [2.05, 4.69) is 10.2 Å². The molecule has 1 aliphatic rings. The van der Waals surface area contributed by atoms with Gasteiger partial charge in [0.15, 0.2) is 0 Å². The molecule has 3 aromatic rings. The van der Waals surface area contributed by atoms with Gasteiger partial charge in [0, 0.05) is 36.1 Å². The summed E-state index contributed by atoms with van der Waals surface area (Å²) in [4.78, 5) is 19.3. The predicted octanol–water partition coefficient (Wildman–Crippen LogP) is 5.66. The molecule has 2 aromatic carbocycles. The number of thiophene rings is 1. The Morgan fingerprint density at radius 2 is 1.94 bits per heavy atom. The second-order valence-electron chi connectivity index (χ2n) is 9.65. The lowest BCUT2D eigenvalue weighted by Gasteiger charge is -2.30. The highest BCUT2D eigenvalue weighted by Crippen LogP contribution is 2.41. The van der Waals surface area contributed by atoms with Gasteiger partial charge in [-0.1, -0.05) is 18.2 Å². The van der Waals surface area contributed by atoms with Crippen LogP contribution in [-0.2, 0) is 0 Å². The van der Waals surface area contributed by atoms with Crippen molar-refractivity contribution in [2.75, 3.05) is 25.0 Å². The van der Waals surface area contributed by atoms with Crippen LogP contribution < -0.4 is 11.1 Å². The van der Waals surface area contributed by atoms with Gasteiger partial charge in [-0.2, -0.15) is 0 Å². The molecule has 0 bridgehead atoms. The minimum absolute atomic E-state index is 0.0742. The minimum atomic E-state index is -1.01. The van der Waals surface area contributed by atoms with Gasteiger partial charge in [0.25, 0.3) is 5.91 Å². The van der Waals surface area contributed by atoms with Gasteiger partial charge in [-0.25, -0.2) is 13.6 Å². The molecule has 4 N–H and O–H groups in total. The second-order valence-corrected chi connectivity index (χ2v) is 10.7. The maximum absolute atomic E-state index is 15.0. The van der Waals surface area contributed by atoms with Crippen LogP contribution in [0.4, 0.5) is 20.2 Å². The monoisotopic (exact) mass is 510 g/mol. The molecule has 36 heavy (non-hydrogen) atoms. The number of nitrogens with zero attached hydrogens (tertiary/aromatic N) is 2. The number of nitrogens with two attached hydrogens (primary N) is 1. The van der Waals surface area contributed by atoms with Gasteiger partial charge in [0.2, 0.25) is 5.69 Å². The second kappa shape index (κ2) is 10.3. The highest BCUT2D eigenvalue weighted by Gasteiger charge is 2.26. The number of hydrogen-bond donors (Lipinski definition) is 3. The maximum Gasteiger partial charge on any atom is 0.264 e. The van der Waals surface area contributed by atoms with E-state index in [0.29, 0.717) is 39.5 Å². The lowest BCUT2D eigenvalue weighted by molar-refractivity contribution is 0.0713. The molecule has 0 unspecified atom stereocenters. The first-order valence-corrected chi connectivity index (χ1v) is 12.5. The summed E-state index contributed by atoms with van der Waals surface area (Å²) in [6.45, 7) is 11.6. The van der Waals surface area contributed by atoms with Gasteiger partial charge in [-0.15, -0.1) is 11.3 Å². The largest absolute Gasteiger partial charge is 0.389 e. The van der Waals surface area contributed by atoms with Crippen molar-refractivity contribution in [2.24, 2.45) is 5.73 Å². The summed E-state index contributed by atoms with van der Waals surface area (Å²) in [6.07, 6.45) is 1.69. The predicted molar refractivity (Wildman–Crippen MR) is 139 cm³/mol. The zero-order chi connectivity index (χ0) is 26.0. The number of halogens is 2. The molecule has 1 aromatic heterocycles. The number of rotatable bonds is 6. The van der Waals surface area contributed by atoms with E-state index < -0.39 is 17.2 Å². The fourth-order valence-electron chi connectivity index (χ4n) is 4.15. The van der Waals surface area contributed by atoms with Crippen LogP contribution in [0.15, 0.2) is 42.5 Å². The average molecular weight is 511 g/mol. The Morgan fingerprint density at radius 3 is 2.58 bits per heavy atom.